The predicted molar refractivity (Wildman–Crippen MR) is 111 cm³/mol. The first-order valence-corrected chi connectivity index (χ1v) is 8.72. The van der Waals surface area contributed by atoms with Crippen LogP contribution in [0.25, 0.3) is 17.2 Å². The van der Waals surface area contributed by atoms with Crippen LogP contribution in [0.5, 0.6) is 0 Å². The van der Waals surface area contributed by atoms with Gasteiger partial charge in [-0.25, -0.2) is 4.79 Å². The highest BCUT2D eigenvalue weighted by molar-refractivity contribution is 5.87. The van der Waals surface area contributed by atoms with Gasteiger partial charge in [-0.2, -0.15) is 0 Å². The summed E-state index contributed by atoms with van der Waals surface area (Å²) >= 11 is 0. The van der Waals surface area contributed by atoms with Crippen molar-refractivity contribution in [2.75, 3.05) is 0 Å². The van der Waals surface area contributed by atoms with Gasteiger partial charge in [0.05, 0.1) is 5.56 Å². The molecule has 0 aliphatic rings. The first-order chi connectivity index (χ1) is 13.0. The van der Waals surface area contributed by atoms with E-state index in [1.807, 2.05) is 12.2 Å². The molecule has 132 valence electrons. The van der Waals surface area contributed by atoms with Gasteiger partial charge >= 0.3 is 5.97 Å². The van der Waals surface area contributed by atoms with Crippen molar-refractivity contribution in [3.63, 3.8) is 0 Å². The Morgan fingerprint density at radius 1 is 0.889 bits per heavy atom. The lowest BCUT2D eigenvalue weighted by atomic mass is 9.96. The van der Waals surface area contributed by atoms with Crippen molar-refractivity contribution in [1.29, 1.82) is 0 Å². The molecule has 3 aromatic carbocycles. The third-order valence-corrected chi connectivity index (χ3v) is 4.27. The molecule has 3 rings (SSSR count). The van der Waals surface area contributed by atoms with Crippen molar-refractivity contribution in [2.24, 2.45) is 0 Å². The molecule has 0 spiro atoms. The lowest BCUT2D eigenvalue weighted by molar-refractivity contribution is 0.0697. The summed E-state index contributed by atoms with van der Waals surface area (Å²) in [6.07, 6.45) is 3.83. The Balaban J connectivity index is 1.84. The summed E-state index contributed by atoms with van der Waals surface area (Å²) in [5, 5.41) is 8.92. The van der Waals surface area contributed by atoms with Crippen LogP contribution in [-0.4, -0.2) is 11.1 Å². The minimum absolute atomic E-state index is 0.262. The standard InChI is InChI=1S/C25H20O2/c1-18-7-12-22(13-8-18)24-17-19(2)9-14-21(24)6-4-3-5-20-10-15-23(16-11-20)25(26)27/h4,6-17H,1-2H3,(H,26,27)/b6-4+. The highest BCUT2D eigenvalue weighted by atomic mass is 16.4. The molecule has 0 saturated carbocycles. The summed E-state index contributed by atoms with van der Waals surface area (Å²) in [5.74, 6) is 5.12. The van der Waals surface area contributed by atoms with E-state index in [-0.39, 0.29) is 5.56 Å². The van der Waals surface area contributed by atoms with Crippen molar-refractivity contribution in [3.05, 3.63) is 101 Å². The van der Waals surface area contributed by atoms with Crippen LogP contribution >= 0.6 is 0 Å². The lowest BCUT2D eigenvalue weighted by Crippen LogP contribution is -1.94. The van der Waals surface area contributed by atoms with Crippen LogP contribution in [-0.2, 0) is 0 Å². The molecule has 0 aromatic heterocycles. The van der Waals surface area contributed by atoms with Gasteiger partial charge < -0.3 is 5.11 Å². The second-order valence-corrected chi connectivity index (χ2v) is 6.44. The first kappa shape index (κ1) is 18.2. The van der Waals surface area contributed by atoms with Crippen LogP contribution in [0.15, 0.2) is 72.8 Å². The van der Waals surface area contributed by atoms with E-state index in [9.17, 15) is 4.79 Å². The summed E-state index contributed by atoms with van der Waals surface area (Å²) < 4.78 is 0. The smallest absolute Gasteiger partial charge is 0.335 e. The number of aryl methyl sites for hydroxylation is 2. The second kappa shape index (κ2) is 8.21. The molecule has 0 aliphatic carbocycles. The Bertz CT molecular complexity index is 1040. The van der Waals surface area contributed by atoms with Crippen molar-refractivity contribution < 1.29 is 9.90 Å². The van der Waals surface area contributed by atoms with Crippen molar-refractivity contribution in [3.8, 4) is 23.0 Å². The zero-order valence-corrected chi connectivity index (χ0v) is 15.4. The molecule has 0 saturated heterocycles. The molecule has 0 unspecified atom stereocenters. The number of rotatable bonds is 3. The Morgan fingerprint density at radius 3 is 2.22 bits per heavy atom. The Morgan fingerprint density at radius 2 is 1.56 bits per heavy atom. The van der Waals surface area contributed by atoms with E-state index in [2.05, 4.69) is 68.2 Å². The van der Waals surface area contributed by atoms with Crippen LogP contribution in [0.4, 0.5) is 0 Å². The van der Waals surface area contributed by atoms with Gasteiger partial charge in [0, 0.05) is 5.56 Å². The number of carbonyl (C=O) groups is 1. The van der Waals surface area contributed by atoms with Gasteiger partial charge in [-0.3, -0.25) is 0 Å². The molecule has 2 nitrogen and oxygen atoms in total. The normalized spacial score (nSPS) is 10.4. The topological polar surface area (TPSA) is 37.3 Å². The summed E-state index contributed by atoms with van der Waals surface area (Å²) in [4.78, 5) is 10.9. The molecule has 0 bridgehead atoms. The number of carboxylic acid groups (broad SMARTS) is 1. The van der Waals surface area contributed by atoms with E-state index in [4.69, 9.17) is 5.11 Å². The number of allylic oxidation sites excluding steroid dienone is 1. The molecule has 0 aliphatic heterocycles. The summed E-state index contributed by atoms with van der Waals surface area (Å²) in [7, 11) is 0. The maximum absolute atomic E-state index is 10.9. The Hall–Kier alpha value is -3.57. The molecule has 2 heteroatoms. The molecule has 3 aromatic rings. The van der Waals surface area contributed by atoms with Crippen LogP contribution < -0.4 is 0 Å². The van der Waals surface area contributed by atoms with Crippen LogP contribution in [0.1, 0.15) is 32.6 Å². The number of aromatic carboxylic acids is 1. The minimum Gasteiger partial charge on any atom is -0.478 e. The molecule has 0 atom stereocenters. The third kappa shape index (κ3) is 4.74. The zero-order valence-electron chi connectivity index (χ0n) is 15.4. The maximum Gasteiger partial charge on any atom is 0.335 e. The van der Waals surface area contributed by atoms with Crippen molar-refractivity contribution in [2.45, 2.75) is 13.8 Å². The summed E-state index contributed by atoms with van der Waals surface area (Å²) in [6, 6.07) is 21.4. The average molecular weight is 352 g/mol. The SMILES string of the molecule is Cc1ccc(-c2cc(C)ccc2/C=C/C#Cc2ccc(C(=O)O)cc2)cc1. The predicted octanol–water partition coefficient (Wildman–Crippen LogP) is 5.73. The fourth-order valence-corrected chi connectivity index (χ4v) is 2.75. The summed E-state index contributed by atoms with van der Waals surface area (Å²) in [6.45, 7) is 4.17. The van der Waals surface area contributed by atoms with E-state index < -0.39 is 5.97 Å². The maximum atomic E-state index is 10.9. The van der Waals surface area contributed by atoms with E-state index in [1.165, 1.54) is 22.3 Å². The van der Waals surface area contributed by atoms with Crippen LogP contribution in [0.2, 0.25) is 0 Å². The molecule has 0 radical (unpaired) electrons. The van der Waals surface area contributed by atoms with Gasteiger partial charge in [0.1, 0.15) is 0 Å². The van der Waals surface area contributed by atoms with Crippen molar-refractivity contribution >= 4 is 12.0 Å². The highest BCUT2D eigenvalue weighted by Crippen LogP contribution is 2.26. The molecule has 27 heavy (non-hydrogen) atoms. The Kier molecular flexibility index (Phi) is 5.54. The summed E-state index contributed by atoms with van der Waals surface area (Å²) in [5.41, 5.74) is 6.97. The third-order valence-electron chi connectivity index (χ3n) is 4.27. The lowest BCUT2D eigenvalue weighted by Gasteiger charge is -2.08. The monoisotopic (exact) mass is 352 g/mol. The van der Waals surface area contributed by atoms with Gasteiger partial charge in [-0.1, -0.05) is 65.4 Å². The Labute approximate surface area is 159 Å². The second-order valence-electron chi connectivity index (χ2n) is 6.44. The largest absolute Gasteiger partial charge is 0.478 e. The minimum atomic E-state index is -0.933. The zero-order chi connectivity index (χ0) is 19.2. The van der Waals surface area contributed by atoms with Crippen molar-refractivity contribution in [1.82, 2.24) is 0 Å². The van der Waals surface area contributed by atoms with E-state index in [1.54, 1.807) is 24.3 Å². The number of carboxylic acids is 1. The van der Waals surface area contributed by atoms with Gasteiger partial charge in [0.2, 0.25) is 0 Å². The van der Waals surface area contributed by atoms with Gasteiger partial charge in [-0.05, 0) is 67.0 Å². The molecule has 0 heterocycles. The van der Waals surface area contributed by atoms with E-state index >= 15 is 0 Å². The number of hydrogen-bond acceptors (Lipinski definition) is 1. The van der Waals surface area contributed by atoms with E-state index in [0.717, 1.165) is 11.1 Å². The van der Waals surface area contributed by atoms with Gasteiger partial charge in [-0.15, -0.1) is 0 Å². The van der Waals surface area contributed by atoms with Gasteiger partial charge in [0.25, 0.3) is 0 Å². The average Bonchev–Trinajstić information content (AvgIpc) is 2.67. The molecular formula is C25H20O2. The van der Waals surface area contributed by atoms with Gasteiger partial charge in [0.15, 0.2) is 0 Å². The number of benzene rings is 3. The van der Waals surface area contributed by atoms with E-state index in [0.29, 0.717) is 0 Å². The molecular weight excluding hydrogens is 332 g/mol. The van der Waals surface area contributed by atoms with Crippen LogP contribution in [0, 0.1) is 25.7 Å². The first-order valence-electron chi connectivity index (χ1n) is 8.72. The quantitative estimate of drug-likeness (QED) is 0.611. The fraction of sp³-hybridized carbons (Fsp3) is 0.0800. The molecule has 1 N–H and O–H groups in total. The molecule has 0 amide bonds. The highest BCUT2D eigenvalue weighted by Gasteiger charge is 2.03. The van der Waals surface area contributed by atoms with Crippen LogP contribution in [0.3, 0.4) is 0 Å². The number of hydrogen-bond donors (Lipinski definition) is 1. The fourth-order valence-electron chi connectivity index (χ4n) is 2.75. The molecule has 0 fully saturated rings.